The number of benzene rings is 1. The second-order valence-corrected chi connectivity index (χ2v) is 4.67. The molecule has 1 aromatic carbocycles. The minimum absolute atomic E-state index is 0.330. The van der Waals surface area contributed by atoms with E-state index in [1.54, 1.807) is 0 Å². The highest BCUT2D eigenvalue weighted by Gasteiger charge is 2.39. The molecule has 0 heterocycles. The average Bonchev–Trinajstić information content (AvgIpc) is 2.12. The van der Waals surface area contributed by atoms with E-state index in [0.717, 1.165) is 6.42 Å². The van der Waals surface area contributed by atoms with Gasteiger partial charge in [0.25, 0.3) is 0 Å². The van der Waals surface area contributed by atoms with Crippen molar-refractivity contribution in [3.05, 3.63) is 35.9 Å². The van der Waals surface area contributed by atoms with Gasteiger partial charge in [-0.25, -0.2) is 0 Å². The van der Waals surface area contributed by atoms with Crippen molar-refractivity contribution in [2.45, 2.75) is 38.6 Å². The predicted molar refractivity (Wildman–Crippen MR) is 60.1 cm³/mol. The first-order valence-electron chi connectivity index (χ1n) is 5.52. The third-order valence-electron chi connectivity index (χ3n) is 3.71. The summed E-state index contributed by atoms with van der Waals surface area (Å²) >= 11 is 0. The van der Waals surface area contributed by atoms with Crippen LogP contribution in [0.3, 0.4) is 0 Å². The lowest BCUT2D eigenvalue weighted by Crippen LogP contribution is -2.46. The maximum absolute atomic E-state index is 6.08. The number of hydrogen-bond donors (Lipinski definition) is 1. The van der Waals surface area contributed by atoms with Crippen LogP contribution in [0.15, 0.2) is 30.3 Å². The molecule has 0 radical (unpaired) electrons. The van der Waals surface area contributed by atoms with Crippen LogP contribution in [0.25, 0.3) is 0 Å². The molecule has 2 N–H and O–H groups in total. The SMILES string of the molecule is CC(N)C1(Cc2ccccc2)CCC1. The Morgan fingerprint density at radius 2 is 1.93 bits per heavy atom. The van der Waals surface area contributed by atoms with Crippen molar-refractivity contribution < 1.29 is 0 Å². The van der Waals surface area contributed by atoms with E-state index in [2.05, 4.69) is 37.3 Å². The molecule has 0 saturated heterocycles. The Balaban J connectivity index is 2.09. The van der Waals surface area contributed by atoms with E-state index in [9.17, 15) is 0 Å². The van der Waals surface area contributed by atoms with E-state index in [-0.39, 0.29) is 0 Å². The van der Waals surface area contributed by atoms with E-state index < -0.39 is 0 Å². The second kappa shape index (κ2) is 3.74. The van der Waals surface area contributed by atoms with Gasteiger partial charge in [-0.1, -0.05) is 36.8 Å². The topological polar surface area (TPSA) is 26.0 Å². The largest absolute Gasteiger partial charge is 0.327 e. The number of nitrogens with two attached hydrogens (primary N) is 1. The van der Waals surface area contributed by atoms with Crippen LogP contribution in [0.1, 0.15) is 31.7 Å². The van der Waals surface area contributed by atoms with Crippen LogP contribution in [0, 0.1) is 5.41 Å². The molecule has 0 aliphatic heterocycles. The molecular weight excluding hydrogens is 170 g/mol. The Morgan fingerprint density at radius 1 is 1.29 bits per heavy atom. The Morgan fingerprint density at radius 3 is 2.36 bits per heavy atom. The molecule has 76 valence electrons. The fraction of sp³-hybridized carbons (Fsp3) is 0.538. The number of hydrogen-bond acceptors (Lipinski definition) is 1. The zero-order chi connectivity index (χ0) is 10.0. The molecule has 2 rings (SSSR count). The molecule has 1 aliphatic carbocycles. The van der Waals surface area contributed by atoms with Gasteiger partial charge in [-0.2, -0.15) is 0 Å². The lowest BCUT2D eigenvalue weighted by molar-refractivity contribution is 0.102. The minimum Gasteiger partial charge on any atom is -0.327 e. The fourth-order valence-corrected chi connectivity index (χ4v) is 2.43. The van der Waals surface area contributed by atoms with Crippen LogP contribution in [-0.2, 0) is 6.42 Å². The first-order chi connectivity index (χ1) is 6.73. The fourth-order valence-electron chi connectivity index (χ4n) is 2.43. The molecule has 1 heteroatoms. The monoisotopic (exact) mass is 189 g/mol. The zero-order valence-corrected chi connectivity index (χ0v) is 8.87. The molecule has 1 unspecified atom stereocenters. The molecule has 0 aromatic heterocycles. The Kier molecular flexibility index (Phi) is 2.60. The average molecular weight is 189 g/mol. The molecule has 1 aliphatic rings. The highest BCUT2D eigenvalue weighted by Crippen LogP contribution is 2.45. The van der Waals surface area contributed by atoms with E-state index in [1.807, 2.05) is 0 Å². The molecule has 1 saturated carbocycles. The quantitative estimate of drug-likeness (QED) is 0.777. The van der Waals surface area contributed by atoms with Gasteiger partial charge in [0, 0.05) is 6.04 Å². The Labute approximate surface area is 86.3 Å². The summed E-state index contributed by atoms with van der Waals surface area (Å²) in [6.45, 7) is 2.15. The van der Waals surface area contributed by atoms with Gasteiger partial charge in [-0.05, 0) is 37.2 Å². The normalized spacial score (nSPS) is 21.3. The molecule has 0 bridgehead atoms. The summed E-state index contributed by atoms with van der Waals surface area (Å²) in [4.78, 5) is 0. The third kappa shape index (κ3) is 1.69. The lowest BCUT2D eigenvalue weighted by Gasteiger charge is -2.45. The van der Waals surface area contributed by atoms with Crippen LogP contribution in [0.2, 0.25) is 0 Å². The van der Waals surface area contributed by atoms with Crippen LogP contribution < -0.4 is 5.73 Å². The molecule has 14 heavy (non-hydrogen) atoms. The van der Waals surface area contributed by atoms with Crippen molar-refractivity contribution in [3.8, 4) is 0 Å². The summed E-state index contributed by atoms with van der Waals surface area (Å²) in [6, 6.07) is 11.1. The van der Waals surface area contributed by atoms with Crippen LogP contribution >= 0.6 is 0 Å². The van der Waals surface area contributed by atoms with Crippen molar-refractivity contribution in [1.29, 1.82) is 0 Å². The standard InChI is InChI=1S/C13H19N/c1-11(14)13(8-5-9-13)10-12-6-3-2-4-7-12/h2-4,6-7,11H,5,8-10,14H2,1H3. The van der Waals surface area contributed by atoms with E-state index in [0.29, 0.717) is 11.5 Å². The molecule has 1 aromatic rings. The highest BCUT2D eigenvalue weighted by atomic mass is 14.7. The van der Waals surface area contributed by atoms with Crippen LogP contribution in [0.4, 0.5) is 0 Å². The maximum atomic E-state index is 6.08. The predicted octanol–water partition coefficient (Wildman–Crippen LogP) is 2.75. The number of rotatable bonds is 3. The third-order valence-corrected chi connectivity index (χ3v) is 3.71. The summed E-state index contributed by atoms with van der Waals surface area (Å²) < 4.78 is 0. The zero-order valence-electron chi connectivity index (χ0n) is 8.87. The summed E-state index contributed by atoms with van der Waals surface area (Å²) in [6.07, 6.45) is 5.12. The van der Waals surface area contributed by atoms with Gasteiger partial charge in [-0.3, -0.25) is 0 Å². The molecule has 1 nitrogen and oxygen atoms in total. The van der Waals surface area contributed by atoms with Crippen molar-refractivity contribution in [2.24, 2.45) is 11.1 Å². The van der Waals surface area contributed by atoms with Crippen molar-refractivity contribution in [3.63, 3.8) is 0 Å². The van der Waals surface area contributed by atoms with E-state index >= 15 is 0 Å². The minimum atomic E-state index is 0.330. The second-order valence-electron chi connectivity index (χ2n) is 4.67. The van der Waals surface area contributed by atoms with Gasteiger partial charge < -0.3 is 5.73 Å². The maximum Gasteiger partial charge on any atom is 0.00702 e. The smallest absolute Gasteiger partial charge is 0.00702 e. The highest BCUT2D eigenvalue weighted by molar-refractivity contribution is 5.18. The molecule has 0 spiro atoms. The van der Waals surface area contributed by atoms with E-state index in [4.69, 9.17) is 5.73 Å². The summed E-state index contributed by atoms with van der Waals surface area (Å²) in [5, 5.41) is 0. The van der Waals surface area contributed by atoms with Crippen LogP contribution in [0.5, 0.6) is 0 Å². The van der Waals surface area contributed by atoms with Gasteiger partial charge in [0.1, 0.15) is 0 Å². The van der Waals surface area contributed by atoms with Gasteiger partial charge in [0.2, 0.25) is 0 Å². The van der Waals surface area contributed by atoms with Crippen molar-refractivity contribution in [2.75, 3.05) is 0 Å². The van der Waals surface area contributed by atoms with Gasteiger partial charge in [-0.15, -0.1) is 0 Å². The first kappa shape index (κ1) is 9.72. The molecule has 1 fully saturated rings. The molecule has 1 atom stereocenters. The summed E-state index contributed by atoms with van der Waals surface area (Å²) in [5.41, 5.74) is 7.92. The Hall–Kier alpha value is -0.820. The first-order valence-corrected chi connectivity index (χ1v) is 5.52. The molecule has 0 amide bonds. The Bertz CT molecular complexity index is 285. The van der Waals surface area contributed by atoms with Crippen molar-refractivity contribution >= 4 is 0 Å². The van der Waals surface area contributed by atoms with Crippen molar-refractivity contribution in [1.82, 2.24) is 0 Å². The lowest BCUT2D eigenvalue weighted by atomic mass is 9.61. The van der Waals surface area contributed by atoms with Gasteiger partial charge in [0.05, 0.1) is 0 Å². The summed E-state index contributed by atoms with van der Waals surface area (Å²) in [5.74, 6) is 0. The van der Waals surface area contributed by atoms with E-state index in [1.165, 1.54) is 24.8 Å². The summed E-state index contributed by atoms with van der Waals surface area (Å²) in [7, 11) is 0. The van der Waals surface area contributed by atoms with Crippen LogP contribution in [-0.4, -0.2) is 6.04 Å². The van der Waals surface area contributed by atoms with Gasteiger partial charge >= 0.3 is 0 Å². The van der Waals surface area contributed by atoms with Gasteiger partial charge in [0.15, 0.2) is 0 Å². The molecular formula is C13H19N.